The Balaban J connectivity index is 3.93. The molecule has 20 heavy (non-hydrogen) atoms. The minimum absolute atomic E-state index is 0.0581. The summed E-state index contributed by atoms with van der Waals surface area (Å²) in [5, 5.41) is 14.3. The number of carboxylic acid groups (broad SMARTS) is 1. The van der Waals surface area contributed by atoms with Gasteiger partial charge in [0.05, 0.1) is 0 Å². The molecule has 0 aliphatic carbocycles. The third-order valence-corrected chi connectivity index (χ3v) is 2.87. The average Bonchev–Trinajstić information content (AvgIpc) is 2.28. The van der Waals surface area contributed by atoms with E-state index in [1.165, 1.54) is 6.92 Å². The van der Waals surface area contributed by atoms with E-state index in [9.17, 15) is 14.4 Å². The second-order valence-electron chi connectivity index (χ2n) is 6.00. The van der Waals surface area contributed by atoms with Crippen molar-refractivity contribution < 1.29 is 19.5 Å². The van der Waals surface area contributed by atoms with Crippen molar-refractivity contribution in [1.82, 2.24) is 10.6 Å². The van der Waals surface area contributed by atoms with Gasteiger partial charge in [0.2, 0.25) is 11.8 Å². The Morgan fingerprint density at radius 2 is 1.70 bits per heavy atom. The van der Waals surface area contributed by atoms with E-state index in [0.717, 1.165) is 12.8 Å². The average molecular weight is 286 g/mol. The second-order valence-corrected chi connectivity index (χ2v) is 6.00. The first-order chi connectivity index (χ1) is 9.14. The fraction of sp³-hybridized carbons (Fsp3) is 0.786. The Kier molecular flexibility index (Phi) is 7.87. The summed E-state index contributed by atoms with van der Waals surface area (Å²) >= 11 is 0. The van der Waals surface area contributed by atoms with E-state index < -0.39 is 17.4 Å². The van der Waals surface area contributed by atoms with Crippen molar-refractivity contribution in [2.24, 2.45) is 5.41 Å². The molecule has 0 rings (SSSR count). The molecular weight excluding hydrogens is 260 g/mol. The Hall–Kier alpha value is -1.59. The summed E-state index contributed by atoms with van der Waals surface area (Å²) < 4.78 is 0. The summed E-state index contributed by atoms with van der Waals surface area (Å²) in [7, 11) is 0. The van der Waals surface area contributed by atoms with Crippen molar-refractivity contribution in [3.05, 3.63) is 0 Å². The summed E-state index contributed by atoms with van der Waals surface area (Å²) in [5.41, 5.74) is -0.521. The minimum Gasteiger partial charge on any atom is -0.480 e. The lowest BCUT2D eigenvalue weighted by Crippen LogP contribution is -2.49. The first kappa shape index (κ1) is 18.4. The van der Waals surface area contributed by atoms with Crippen LogP contribution in [0, 0.1) is 5.41 Å². The van der Waals surface area contributed by atoms with Gasteiger partial charge in [-0.2, -0.15) is 0 Å². The van der Waals surface area contributed by atoms with Crippen molar-refractivity contribution in [2.75, 3.05) is 6.54 Å². The van der Waals surface area contributed by atoms with Crippen LogP contribution in [0.25, 0.3) is 0 Å². The molecule has 0 spiro atoms. The molecule has 0 radical (unpaired) electrons. The largest absolute Gasteiger partial charge is 0.480 e. The molecular formula is C14H26N2O4. The van der Waals surface area contributed by atoms with E-state index in [2.05, 4.69) is 10.6 Å². The molecule has 1 atom stereocenters. The molecule has 0 aliphatic heterocycles. The van der Waals surface area contributed by atoms with Crippen molar-refractivity contribution in [3.8, 4) is 0 Å². The van der Waals surface area contributed by atoms with E-state index in [-0.39, 0.29) is 11.8 Å². The number of carboxylic acids is 1. The number of nitrogens with one attached hydrogen (secondary N) is 2. The molecule has 0 heterocycles. The van der Waals surface area contributed by atoms with Crippen molar-refractivity contribution in [1.29, 1.82) is 0 Å². The number of hydrogen-bond donors (Lipinski definition) is 3. The highest BCUT2D eigenvalue weighted by Gasteiger charge is 2.32. The van der Waals surface area contributed by atoms with E-state index in [1.807, 2.05) is 0 Å². The molecule has 0 aromatic carbocycles. The van der Waals surface area contributed by atoms with Crippen LogP contribution in [-0.4, -0.2) is 35.5 Å². The molecule has 0 fully saturated rings. The van der Waals surface area contributed by atoms with E-state index >= 15 is 0 Å². The lowest BCUT2D eigenvalue weighted by Gasteiger charge is -2.27. The van der Waals surface area contributed by atoms with E-state index in [4.69, 9.17) is 5.11 Å². The number of aliphatic carboxylic acids is 1. The zero-order valence-corrected chi connectivity index (χ0v) is 12.8. The standard InChI is InChI=1S/C14H26N2O4/c1-10(17)15-9-7-5-6-8-11(18)16-12(13(19)20)14(2,3)4/h12H,5-9H2,1-4H3,(H,15,17)(H,16,18)(H,19,20). The monoisotopic (exact) mass is 286 g/mol. The van der Waals surface area contributed by atoms with Gasteiger partial charge >= 0.3 is 5.97 Å². The first-order valence-corrected chi connectivity index (χ1v) is 6.91. The molecule has 6 heteroatoms. The molecule has 0 aromatic rings. The van der Waals surface area contributed by atoms with Crippen molar-refractivity contribution in [3.63, 3.8) is 0 Å². The number of carbonyl (C=O) groups is 3. The quantitative estimate of drug-likeness (QED) is 0.586. The smallest absolute Gasteiger partial charge is 0.326 e. The van der Waals surface area contributed by atoms with Crippen LogP contribution in [0.1, 0.15) is 53.4 Å². The zero-order chi connectivity index (χ0) is 15.8. The van der Waals surface area contributed by atoms with Gasteiger partial charge in [0.1, 0.15) is 6.04 Å². The summed E-state index contributed by atoms with van der Waals surface area (Å²) in [6.07, 6.45) is 2.62. The summed E-state index contributed by atoms with van der Waals surface area (Å²) in [6.45, 7) is 7.40. The first-order valence-electron chi connectivity index (χ1n) is 6.91. The molecule has 1 unspecified atom stereocenters. The normalized spacial score (nSPS) is 12.6. The van der Waals surface area contributed by atoms with E-state index in [0.29, 0.717) is 19.4 Å². The maximum Gasteiger partial charge on any atom is 0.326 e. The predicted molar refractivity (Wildman–Crippen MR) is 76.2 cm³/mol. The van der Waals surface area contributed by atoms with Gasteiger partial charge in [-0.05, 0) is 18.3 Å². The van der Waals surface area contributed by atoms with Crippen LogP contribution >= 0.6 is 0 Å². The second kappa shape index (κ2) is 8.55. The van der Waals surface area contributed by atoms with Gasteiger partial charge in [-0.1, -0.05) is 27.2 Å². The van der Waals surface area contributed by atoms with Gasteiger partial charge in [0, 0.05) is 19.9 Å². The fourth-order valence-corrected chi connectivity index (χ4v) is 1.73. The Morgan fingerprint density at radius 3 is 2.15 bits per heavy atom. The number of amides is 2. The van der Waals surface area contributed by atoms with Gasteiger partial charge in [-0.15, -0.1) is 0 Å². The Labute approximate surface area is 120 Å². The predicted octanol–water partition coefficient (Wildman–Crippen LogP) is 1.30. The number of carbonyl (C=O) groups excluding carboxylic acids is 2. The SMILES string of the molecule is CC(=O)NCCCCCC(=O)NC(C(=O)O)C(C)(C)C. The van der Waals surface area contributed by atoms with Gasteiger partial charge in [0.15, 0.2) is 0 Å². The van der Waals surface area contributed by atoms with Crippen LogP contribution in [0.3, 0.4) is 0 Å². The third-order valence-electron chi connectivity index (χ3n) is 2.87. The van der Waals surface area contributed by atoms with Crippen LogP contribution in [0.15, 0.2) is 0 Å². The zero-order valence-electron chi connectivity index (χ0n) is 12.8. The van der Waals surface area contributed by atoms with Gasteiger partial charge < -0.3 is 15.7 Å². The fourth-order valence-electron chi connectivity index (χ4n) is 1.73. The Morgan fingerprint density at radius 1 is 1.10 bits per heavy atom. The molecule has 3 N–H and O–H groups in total. The molecule has 2 amide bonds. The number of hydrogen-bond acceptors (Lipinski definition) is 3. The van der Waals surface area contributed by atoms with Crippen molar-refractivity contribution in [2.45, 2.75) is 59.4 Å². The highest BCUT2D eigenvalue weighted by Crippen LogP contribution is 2.19. The molecule has 0 saturated carbocycles. The molecule has 0 aromatic heterocycles. The highest BCUT2D eigenvalue weighted by molar-refractivity contribution is 5.84. The Bertz CT molecular complexity index is 348. The summed E-state index contributed by atoms with van der Waals surface area (Å²) in [6, 6.07) is -0.880. The van der Waals surface area contributed by atoms with Crippen LogP contribution < -0.4 is 10.6 Å². The summed E-state index contributed by atoms with van der Waals surface area (Å²) in [4.78, 5) is 33.4. The van der Waals surface area contributed by atoms with Gasteiger partial charge in [-0.3, -0.25) is 9.59 Å². The van der Waals surface area contributed by atoms with Gasteiger partial charge in [-0.25, -0.2) is 4.79 Å². The van der Waals surface area contributed by atoms with Crippen LogP contribution in [0.2, 0.25) is 0 Å². The maximum absolute atomic E-state index is 11.7. The molecule has 0 aliphatic rings. The number of unbranched alkanes of at least 4 members (excludes halogenated alkanes) is 2. The molecule has 0 bridgehead atoms. The van der Waals surface area contributed by atoms with Gasteiger partial charge in [0.25, 0.3) is 0 Å². The topological polar surface area (TPSA) is 95.5 Å². The minimum atomic E-state index is -1.02. The molecule has 116 valence electrons. The number of rotatable bonds is 8. The molecule has 0 saturated heterocycles. The highest BCUT2D eigenvalue weighted by atomic mass is 16.4. The lowest BCUT2D eigenvalue weighted by molar-refractivity contribution is -0.145. The van der Waals surface area contributed by atoms with E-state index in [1.54, 1.807) is 20.8 Å². The van der Waals surface area contributed by atoms with Crippen molar-refractivity contribution >= 4 is 17.8 Å². The third kappa shape index (κ3) is 8.50. The van der Waals surface area contributed by atoms with Crippen LogP contribution in [-0.2, 0) is 14.4 Å². The van der Waals surface area contributed by atoms with Crippen LogP contribution in [0.4, 0.5) is 0 Å². The molecule has 6 nitrogen and oxygen atoms in total. The van der Waals surface area contributed by atoms with Crippen LogP contribution in [0.5, 0.6) is 0 Å². The lowest BCUT2D eigenvalue weighted by atomic mass is 9.86. The maximum atomic E-state index is 11.7. The summed E-state index contributed by atoms with van der Waals surface area (Å²) in [5.74, 6) is -1.32.